The van der Waals surface area contributed by atoms with Gasteiger partial charge in [0.1, 0.15) is 5.60 Å². The molecule has 7 nitrogen and oxygen atoms in total. The van der Waals surface area contributed by atoms with Gasteiger partial charge in [-0.1, -0.05) is 19.3 Å². The third-order valence-electron chi connectivity index (χ3n) is 4.40. The number of rotatable bonds is 5. The zero-order chi connectivity index (χ0) is 16.4. The van der Waals surface area contributed by atoms with Gasteiger partial charge >= 0.3 is 5.97 Å². The first-order valence-electron chi connectivity index (χ1n) is 7.47. The van der Waals surface area contributed by atoms with Crippen molar-refractivity contribution in [3.05, 3.63) is 12.4 Å². The standard InChI is InChI=1S/C15H23N3O4/c1-14(2,13(20)21)18-10-11(9-16-18)17-12(19)15(22-3)7-5-4-6-8-15/h9-10H,4-8H2,1-3H3,(H,17,19)(H,20,21). The molecule has 0 aromatic carbocycles. The zero-order valence-corrected chi connectivity index (χ0v) is 13.3. The molecule has 1 heterocycles. The lowest BCUT2D eigenvalue weighted by atomic mass is 9.84. The number of ether oxygens (including phenoxy) is 1. The average molecular weight is 309 g/mol. The molecule has 122 valence electrons. The molecule has 2 rings (SSSR count). The van der Waals surface area contributed by atoms with E-state index < -0.39 is 17.1 Å². The first-order chi connectivity index (χ1) is 10.3. The molecule has 22 heavy (non-hydrogen) atoms. The van der Waals surface area contributed by atoms with Crippen LogP contribution in [0.15, 0.2) is 12.4 Å². The van der Waals surface area contributed by atoms with E-state index in [2.05, 4.69) is 10.4 Å². The predicted octanol–water partition coefficient (Wildman–Crippen LogP) is 1.99. The van der Waals surface area contributed by atoms with Crippen LogP contribution in [-0.2, 0) is 19.9 Å². The molecule has 1 amide bonds. The number of hydrogen-bond acceptors (Lipinski definition) is 4. The Bertz CT molecular complexity index is 559. The van der Waals surface area contributed by atoms with Crippen LogP contribution in [0.1, 0.15) is 46.0 Å². The topological polar surface area (TPSA) is 93.5 Å². The maximum Gasteiger partial charge on any atom is 0.331 e. The van der Waals surface area contributed by atoms with Crippen LogP contribution in [0.4, 0.5) is 5.69 Å². The molecule has 1 saturated carbocycles. The van der Waals surface area contributed by atoms with Crippen molar-refractivity contribution in [2.75, 3.05) is 12.4 Å². The molecule has 1 aromatic rings. The monoisotopic (exact) mass is 309 g/mol. The van der Waals surface area contributed by atoms with Crippen molar-refractivity contribution in [3.8, 4) is 0 Å². The largest absolute Gasteiger partial charge is 0.479 e. The van der Waals surface area contributed by atoms with Gasteiger partial charge in [0.25, 0.3) is 5.91 Å². The van der Waals surface area contributed by atoms with E-state index in [9.17, 15) is 14.7 Å². The summed E-state index contributed by atoms with van der Waals surface area (Å²) in [5.41, 5.74) is -1.49. The summed E-state index contributed by atoms with van der Waals surface area (Å²) < 4.78 is 6.82. The van der Waals surface area contributed by atoms with E-state index in [-0.39, 0.29) is 5.91 Å². The number of carbonyl (C=O) groups is 2. The highest BCUT2D eigenvalue weighted by molar-refractivity contribution is 5.97. The molecule has 1 fully saturated rings. The molecular weight excluding hydrogens is 286 g/mol. The highest BCUT2D eigenvalue weighted by Crippen LogP contribution is 2.32. The van der Waals surface area contributed by atoms with Gasteiger partial charge in [0.2, 0.25) is 0 Å². The molecule has 0 radical (unpaired) electrons. The van der Waals surface area contributed by atoms with E-state index in [4.69, 9.17) is 4.74 Å². The Morgan fingerprint density at radius 2 is 2.00 bits per heavy atom. The smallest absolute Gasteiger partial charge is 0.331 e. The van der Waals surface area contributed by atoms with Gasteiger partial charge in [-0.3, -0.25) is 9.48 Å². The number of hydrogen-bond donors (Lipinski definition) is 2. The predicted molar refractivity (Wildman–Crippen MR) is 80.6 cm³/mol. The average Bonchev–Trinajstić information content (AvgIpc) is 2.97. The van der Waals surface area contributed by atoms with E-state index in [1.54, 1.807) is 21.0 Å². The van der Waals surface area contributed by atoms with Gasteiger partial charge in [0.05, 0.1) is 11.9 Å². The van der Waals surface area contributed by atoms with Crippen molar-refractivity contribution in [1.82, 2.24) is 9.78 Å². The molecule has 0 saturated heterocycles. The molecule has 0 bridgehead atoms. The Kier molecular flexibility index (Phi) is 4.55. The fourth-order valence-corrected chi connectivity index (χ4v) is 2.68. The van der Waals surface area contributed by atoms with Crippen molar-refractivity contribution in [3.63, 3.8) is 0 Å². The van der Waals surface area contributed by atoms with Crippen LogP contribution in [0.5, 0.6) is 0 Å². The van der Waals surface area contributed by atoms with Gasteiger partial charge in [0.15, 0.2) is 5.54 Å². The lowest BCUT2D eigenvalue weighted by Crippen LogP contribution is -2.46. The van der Waals surface area contributed by atoms with Crippen molar-refractivity contribution < 1.29 is 19.4 Å². The normalized spacial score (nSPS) is 18.0. The maximum atomic E-state index is 12.5. The van der Waals surface area contributed by atoms with Gasteiger partial charge in [-0.15, -0.1) is 0 Å². The lowest BCUT2D eigenvalue weighted by Gasteiger charge is -2.34. The van der Waals surface area contributed by atoms with Crippen LogP contribution >= 0.6 is 0 Å². The zero-order valence-electron chi connectivity index (χ0n) is 13.3. The van der Waals surface area contributed by atoms with Crippen LogP contribution in [0.25, 0.3) is 0 Å². The molecule has 0 spiro atoms. The fraction of sp³-hybridized carbons (Fsp3) is 0.667. The molecule has 1 aromatic heterocycles. The second-order valence-corrected chi connectivity index (χ2v) is 6.25. The summed E-state index contributed by atoms with van der Waals surface area (Å²) in [7, 11) is 1.56. The van der Waals surface area contributed by atoms with Crippen LogP contribution in [0, 0.1) is 0 Å². The Morgan fingerprint density at radius 3 is 2.55 bits per heavy atom. The van der Waals surface area contributed by atoms with Crippen LogP contribution in [-0.4, -0.2) is 39.5 Å². The van der Waals surface area contributed by atoms with Gasteiger partial charge in [0, 0.05) is 13.3 Å². The van der Waals surface area contributed by atoms with Crippen molar-refractivity contribution >= 4 is 17.6 Å². The molecule has 0 unspecified atom stereocenters. The third kappa shape index (κ3) is 2.99. The summed E-state index contributed by atoms with van der Waals surface area (Å²) in [6.45, 7) is 3.09. The minimum atomic E-state index is -1.17. The van der Waals surface area contributed by atoms with Crippen molar-refractivity contribution in [1.29, 1.82) is 0 Å². The molecular formula is C15H23N3O4. The molecule has 0 atom stereocenters. The Hall–Kier alpha value is -1.89. The summed E-state index contributed by atoms with van der Waals surface area (Å²) >= 11 is 0. The minimum Gasteiger partial charge on any atom is -0.479 e. The Labute approximate surface area is 129 Å². The lowest BCUT2D eigenvalue weighted by molar-refractivity contribution is -0.146. The number of methoxy groups -OCH3 is 1. The van der Waals surface area contributed by atoms with Gasteiger partial charge in [-0.05, 0) is 26.7 Å². The number of nitrogens with zero attached hydrogens (tertiary/aromatic N) is 2. The minimum absolute atomic E-state index is 0.192. The van der Waals surface area contributed by atoms with Crippen molar-refractivity contribution in [2.45, 2.75) is 57.1 Å². The Morgan fingerprint density at radius 1 is 1.36 bits per heavy atom. The quantitative estimate of drug-likeness (QED) is 0.867. The number of carbonyl (C=O) groups excluding carboxylic acids is 1. The molecule has 0 aliphatic heterocycles. The summed E-state index contributed by atoms with van der Waals surface area (Å²) in [5.74, 6) is -1.18. The number of nitrogens with one attached hydrogen (secondary N) is 1. The molecule has 2 N–H and O–H groups in total. The number of carboxylic acid groups (broad SMARTS) is 1. The number of aliphatic carboxylic acids is 1. The van der Waals surface area contributed by atoms with E-state index >= 15 is 0 Å². The third-order valence-corrected chi connectivity index (χ3v) is 4.40. The first-order valence-corrected chi connectivity index (χ1v) is 7.47. The molecule has 1 aliphatic rings. The van der Waals surface area contributed by atoms with Gasteiger partial charge in [-0.2, -0.15) is 5.10 Å². The van der Waals surface area contributed by atoms with Crippen LogP contribution < -0.4 is 5.32 Å². The summed E-state index contributed by atoms with van der Waals surface area (Å²) in [6, 6.07) is 0. The first kappa shape index (κ1) is 16.5. The highest BCUT2D eigenvalue weighted by atomic mass is 16.5. The van der Waals surface area contributed by atoms with E-state index in [1.807, 2.05) is 0 Å². The summed E-state index contributed by atoms with van der Waals surface area (Å²) in [5, 5.41) is 16.0. The van der Waals surface area contributed by atoms with E-state index in [0.29, 0.717) is 18.5 Å². The van der Waals surface area contributed by atoms with Gasteiger partial charge < -0.3 is 15.2 Å². The maximum absolute atomic E-state index is 12.5. The highest BCUT2D eigenvalue weighted by Gasteiger charge is 2.40. The molecule has 7 heteroatoms. The SMILES string of the molecule is COC1(C(=O)Nc2cnn(C(C)(C)C(=O)O)c2)CCCCC1. The molecule has 1 aliphatic carbocycles. The number of anilines is 1. The second-order valence-electron chi connectivity index (χ2n) is 6.25. The summed E-state index contributed by atoms with van der Waals surface area (Å²) in [6.07, 6.45) is 7.42. The number of amides is 1. The Balaban J connectivity index is 2.12. The number of aromatic nitrogens is 2. The summed E-state index contributed by atoms with van der Waals surface area (Å²) in [4.78, 5) is 23.8. The second kappa shape index (κ2) is 6.08. The van der Waals surface area contributed by atoms with Crippen LogP contribution in [0.3, 0.4) is 0 Å². The van der Waals surface area contributed by atoms with Crippen molar-refractivity contribution in [2.24, 2.45) is 0 Å². The van der Waals surface area contributed by atoms with Crippen LogP contribution in [0.2, 0.25) is 0 Å². The number of carboxylic acids is 1. The van der Waals surface area contributed by atoms with E-state index in [0.717, 1.165) is 19.3 Å². The van der Waals surface area contributed by atoms with Gasteiger partial charge in [-0.25, -0.2) is 4.79 Å². The van der Waals surface area contributed by atoms with E-state index in [1.165, 1.54) is 17.1 Å². The fourth-order valence-electron chi connectivity index (χ4n) is 2.68.